The van der Waals surface area contributed by atoms with Gasteiger partial charge < -0.3 is 9.47 Å². The Labute approximate surface area is 282 Å². The number of nitrogens with zero attached hydrogens (tertiary/aromatic N) is 2. The molecule has 0 bridgehead atoms. The zero-order chi connectivity index (χ0) is 34.1. The predicted molar refractivity (Wildman–Crippen MR) is 186 cm³/mol. The number of aryl methyl sites for hydroxylation is 1. The summed E-state index contributed by atoms with van der Waals surface area (Å²) in [4.78, 5) is 59.0. The van der Waals surface area contributed by atoms with Crippen molar-refractivity contribution in [2.75, 3.05) is 4.90 Å². The molecule has 1 aliphatic heterocycles. The molecule has 0 saturated carbocycles. The minimum absolute atomic E-state index is 0.262. The van der Waals surface area contributed by atoms with Crippen molar-refractivity contribution in [1.29, 1.82) is 0 Å². The van der Waals surface area contributed by atoms with Crippen LogP contribution in [0.2, 0.25) is 0 Å². The van der Waals surface area contributed by atoms with E-state index in [2.05, 4.69) is 0 Å². The second kappa shape index (κ2) is 13.0. The maximum atomic E-state index is 13.7. The van der Waals surface area contributed by atoms with Crippen molar-refractivity contribution in [2.24, 2.45) is 0 Å². The van der Waals surface area contributed by atoms with Crippen LogP contribution in [-0.4, -0.2) is 34.7 Å². The van der Waals surface area contributed by atoms with Gasteiger partial charge in [-0.3, -0.25) is 14.4 Å². The van der Waals surface area contributed by atoms with Crippen LogP contribution in [0.3, 0.4) is 0 Å². The van der Waals surface area contributed by atoms with Crippen molar-refractivity contribution in [3.63, 3.8) is 0 Å². The molecule has 0 saturated heterocycles. The normalized spacial score (nSPS) is 12.9. The molecule has 5 aromatic carbocycles. The van der Waals surface area contributed by atoms with E-state index in [0.717, 1.165) is 16.0 Å². The molecule has 7 rings (SSSR count). The van der Waals surface area contributed by atoms with E-state index in [-0.39, 0.29) is 23.2 Å². The lowest BCUT2D eigenvalue weighted by molar-refractivity contribution is 0.0320. The van der Waals surface area contributed by atoms with Crippen LogP contribution in [0, 0.1) is 6.92 Å². The van der Waals surface area contributed by atoms with Crippen molar-refractivity contribution in [2.45, 2.75) is 26.6 Å². The Morgan fingerprint density at radius 3 is 2.08 bits per heavy atom. The van der Waals surface area contributed by atoms with Crippen LogP contribution in [0.1, 0.15) is 59.5 Å². The van der Waals surface area contributed by atoms with Gasteiger partial charge in [0.15, 0.2) is 6.10 Å². The number of rotatable bonds is 9. The Balaban J connectivity index is 1.10. The molecule has 6 aromatic rings. The smallest absolute Gasteiger partial charge is 0.339 e. The molecule has 0 spiro atoms. The summed E-state index contributed by atoms with van der Waals surface area (Å²) < 4.78 is 11.6. The molecule has 0 aliphatic carbocycles. The zero-order valence-corrected chi connectivity index (χ0v) is 26.8. The van der Waals surface area contributed by atoms with E-state index < -0.39 is 12.1 Å². The topological polar surface area (TPSA) is 103 Å². The first-order chi connectivity index (χ1) is 23.8. The fourth-order valence-corrected chi connectivity index (χ4v) is 5.88. The van der Waals surface area contributed by atoms with Crippen LogP contribution in [0.4, 0.5) is 5.69 Å². The van der Waals surface area contributed by atoms with Gasteiger partial charge in [-0.05, 0) is 79.6 Å². The van der Waals surface area contributed by atoms with Crippen molar-refractivity contribution in [3.8, 4) is 17.0 Å². The molecular formula is C41H30N2O6. The maximum Gasteiger partial charge on any atom is 0.339 e. The molecule has 1 atom stereocenters. The Morgan fingerprint density at radius 2 is 1.41 bits per heavy atom. The van der Waals surface area contributed by atoms with E-state index in [1.165, 1.54) is 0 Å². The number of Topliss-reactive ketones (excluding diaryl/α,β-unsaturated/α-hetero) is 1. The first kappa shape index (κ1) is 31.2. The number of hydrogen-bond donors (Lipinski definition) is 0. The van der Waals surface area contributed by atoms with Crippen molar-refractivity contribution in [3.05, 3.63) is 161 Å². The summed E-state index contributed by atoms with van der Waals surface area (Å²) in [5.74, 6) is -1.15. The monoisotopic (exact) mass is 646 g/mol. The van der Waals surface area contributed by atoms with Gasteiger partial charge in [-0.15, -0.1) is 0 Å². The Morgan fingerprint density at radius 1 is 0.755 bits per heavy atom. The fraction of sp³-hybridized carbons (Fsp3) is 0.0976. The molecule has 2 heterocycles. The third kappa shape index (κ3) is 6.07. The molecule has 49 heavy (non-hydrogen) atoms. The molecular weight excluding hydrogens is 616 g/mol. The summed E-state index contributed by atoms with van der Waals surface area (Å²) in [6, 6.07) is 37.3. The Bertz CT molecular complexity index is 2210. The first-order valence-corrected chi connectivity index (χ1v) is 15.8. The lowest BCUT2D eigenvalue weighted by Crippen LogP contribution is -2.29. The van der Waals surface area contributed by atoms with Crippen LogP contribution in [0.5, 0.6) is 5.75 Å². The SMILES string of the molecule is Cc1cccc2c(C(=O)OC(C)C(=O)c3ccc(OCc4ccccc4)cc3)cc(-c3ccc(N4C(=O)c5ccccc5C4=O)cc3)nc12. The number of hydrogen-bond acceptors (Lipinski definition) is 7. The summed E-state index contributed by atoms with van der Waals surface area (Å²) in [5, 5.41) is 0.593. The average molecular weight is 647 g/mol. The van der Waals surface area contributed by atoms with E-state index in [0.29, 0.717) is 56.9 Å². The van der Waals surface area contributed by atoms with Crippen LogP contribution in [0.15, 0.2) is 127 Å². The zero-order valence-electron chi connectivity index (χ0n) is 26.8. The number of carbonyl (C=O) groups excluding carboxylic acids is 4. The highest BCUT2D eigenvalue weighted by molar-refractivity contribution is 6.34. The summed E-state index contributed by atoms with van der Waals surface area (Å²) in [6.07, 6.45) is -1.06. The largest absolute Gasteiger partial charge is 0.489 e. The van der Waals surface area contributed by atoms with Gasteiger partial charge in [0.1, 0.15) is 12.4 Å². The summed E-state index contributed by atoms with van der Waals surface area (Å²) in [5.41, 5.74) is 5.47. The lowest BCUT2D eigenvalue weighted by Gasteiger charge is -2.16. The van der Waals surface area contributed by atoms with E-state index in [4.69, 9.17) is 14.5 Å². The number of amides is 2. The van der Waals surface area contributed by atoms with Crippen molar-refractivity contribution < 1.29 is 28.7 Å². The number of fused-ring (bicyclic) bond motifs is 2. The van der Waals surface area contributed by atoms with Gasteiger partial charge in [-0.1, -0.05) is 72.8 Å². The van der Waals surface area contributed by atoms with Gasteiger partial charge in [0.25, 0.3) is 11.8 Å². The molecule has 1 aliphatic rings. The second-order valence-electron chi connectivity index (χ2n) is 11.8. The molecule has 0 radical (unpaired) electrons. The molecule has 0 N–H and O–H groups in total. The standard InChI is InChI=1S/C41H30N2O6/c1-25-9-8-14-32-35(41(47)49-26(2)38(44)29-17-21-31(22-18-29)48-24-27-10-4-3-5-11-27)23-36(42-37(25)32)28-15-19-30(20-16-28)43-39(45)33-12-6-7-13-34(33)40(43)46/h3-23,26H,24H2,1-2H3. The van der Waals surface area contributed by atoms with Gasteiger partial charge in [0, 0.05) is 16.5 Å². The third-order valence-electron chi connectivity index (χ3n) is 8.52. The van der Waals surface area contributed by atoms with Crippen LogP contribution >= 0.6 is 0 Å². The van der Waals surface area contributed by atoms with Gasteiger partial charge in [-0.2, -0.15) is 0 Å². The second-order valence-corrected chi connectivity index (χ2v) is 11.8. The molecule has 1 aromatic heterocycles. The van der Waals surface area contributed by atoms with Gasteiger partial charge in [0.2, 0.25) is 5.78 Å². The highest BCUT2D eigenvalue weighted by Gasteiger charge is 2.36. The number of imide groups is 1. The summed E-state index contributed by atoms with van der Waals surface area (Å²) in [7, 11) is 0. The molecule has 240 valence electrons. The number of benzene rings is 5. The van der Waals surface area contributed by atoms with Crippen molar-refractivity contribution >= 4 is 40.2 Å². The molecule has 1 unspecified atom stereocenters. The lowest BCUT2D eigenvalue weighted by atomic mass is 10.0. The highest BCUT2D eigenvalue weighted by atomic mass is 16.5. The molecule has 8 nitrogen and oxygen atoms in total. The van der Waals surface area contributed by atoms with Crippen LogP contribution in [-0.2, 0) is 11.3 Å². The van der Waals surface area contributed by atoms with Gasteiger partial charge >= 0.3 is 5.97 Å². The number of pyridine rings is 1. The number of esters is 1. The Hall–Kier alpha value is -6.41. The number of ether oxygens (including phenoxy) is 2. The summed E-state index contributed by atoms with van der Waals surface area (Å²) >= 11 is 0. The van der Waals surface area contributed by atoms with Gasteiger partial charge in [-0.25, -0.2) is 14.7 Å². The fourth-order valence-electron chi connectivity index (χ4n) is 5.88. The van der Waals surface area contributed by atoms with E-state index in [1.54, 1.807) is 91.9 Å². The van der Waals surface area contributed by atoms with Crippen molar-refractivity contribution in [1.82, 2.24) is 4.98 Å². The summed E-state index contributed by atoms with van der Waals surface area (Å²) in [6.45, 7) is 3.85. The quantitative estimate of drug-likeness (QED) is 0.0891. The molecule has 2 amide bonds. The number of carbonyl (C=O) groups is 4. The minimum Gasteiger partial charge on any atom is -0.489 e. The third-order valence-corrected chi connectivity index (χ3v) is 8.52. The number of aromatic nitrogens is 1. The molecule has 0 fully saturated rings. The Kier molecular flexibility index (Phi) is 8.28. The van der Waals surface area contributed by atoms with E-state index in [1.807, 2.05) is 49.4 Å². The first-order valence-electron chi connectivity index (χ1n) is 15.8. The average Bonchev–Trinajstić information content (AvgIpc) is 3.39. The van der Waals surface area contributed by atoms with Crippen LogP contribution in [0.25, 0.3) is 22.2 Å². The van der Waals surface area contributed by atoms with Gasteiger partial charge in [0.05, 0.1) is 33.6 Å². The number of anilines is 1. The molecule has 8 heteroatoms. The number of ketones is 1. The van der Waals surface area contributed by atoms with E-state index >= 15 is 0 Å². The minimum atomic E-state index is -1.06. The highest BCUT2D eigenvalue weighted by Crippen LogP contribution is 2.32. The van der Waals surface area contributed by atoms with E-state index in [9.17, 15) is 19.2 Å². The number of para-hydroxylation sites is 1. The predicted octanol–water partition coefficient (Wildman–Crippen LogP) is 8.02. The van der Waals surface area contributed by atoms with Crippen LogP contribution < -0.4 is 9.64 Å². The maximum absolute atomic E-state index is 13.7.